The number of terminal acetylenes is 1. The zero-order valence-corrected chi connectivity index (χ0v) is 38.4. The number of benzene rings is 4. The summed E-state index contributed by atoms with van der Waals surface area (Å²) in [6, 6.07) is 16.9. The van der Waals surface area contributed by atoms with E-state index in [0.717, 1.165) is 65.0 Å². The van der Waals surface area contributed by atoms with Gasteiger partial charge in [0, 0.05) is 60.3 Å². The van der Waals surface area contributed by atoms with Crippen LogP contribution in [-0.4, -0.2) is 60.4 Å². The van der Waals surface area contributed by atoms with Crippen molar-refractivity contribution in [3.63, 3.8) is 0 Å². The minimum atomic E-state index is -4.70. The quantitative estimate of drug-likeness (QED) is 0.0358. The average Bonchev–Trinajstić information content (AvgIpc) is 3.51. The van der Waals surface area contributed by atoms with E-state index in [9.17, 15) is 30.7 Å². The summed E-state index contributed by atoms with van der Waals surface area (Å²) in [5, 5.41) is 11.7. The van der Waals surface area contributed by atoms with Crippen LogP contribution in [0.4, 0.5) is 11.4 Å². The summed E-state index contributed by atoms with van der Waals surface area (Å²) in [4.78, 5) is 12.9. The molecule has 2 aliphatic heterocycles. The Morgan fingerprint density at radius 2 is 1.55 bits per heavy atom. The van der Waals surface area contributed by atoms with Crippen LogP contribution in [0.15, 0.2) is 119 Å². The minimum absolute atomic E-state index is 0. The van der Waals surface area contributed by atoms with Gasteiger partial charge < -0.3 is 19.1 Å². The number of hydrogen-bond donors (Lipinski definition) is 1. The third-order valence-electron chi connectivity index (χ3n) is 11.4. The molecule has 0 amide bonds. The van der Waals surface area contributed by atoms with Crippen LogP contribution in [0.25, 0.3) is 21.5 Å². The number of rotatable bonds is 16. The second kappa shape index (κ2) is 18.7. The Balaban J connectivity index is 0.00000683. The molecule has 0 aliphatic carbocycles. The predicted octanol–water partition coefficient (Wildman–Crippen LogP) is 5.98. The molecule has 308 valence electrons. The second-order valence-electron chi connectivity index (χ2n) is 16.1. The molecule has 0 atom stereocenters. The summed E-state index contributed by atoms with van der Waals surface area (Å²) in [5.74, 6) is 1.88. The fourth-order valence-electron chi connectivity index (χ4n) is 8.55. The van der Waals surface area contributed by atoms with E-state index in [-0.39, 0.29) is 51.2 Å². The van der Waals surface area contributed by atoms with Crippen molar-refractivity contribution in [3.05, 3.63) is 120 Å². The van der Waals surface area contributed by atoms with Gasteiger partial charge in [0.25, 0.3) is 0 Å². The number of carboxylic acids is 1. The molecule has 2 heterocycles. The van der Waals surface area contributed by atoms with E-state index in [4.69, 9.17) is 11.5 Å². The molecule has 10 nitrogen and oxygen atoms in total. The molecule has 0 fully saturated rings. The van der Waals surface area contributed by atoms with Gasteiger partial charge in [0.2, 0.25) is 5.69 Å². The van der Waals surface area contributed by atoms with Gasteiger partial charge in [-0.3, -0.25) is 4.79 Å². The predicted molar refractivity (Wildman–Crippen MR) is 231 cm³/mol. The first kappa shape index (κ1) is 46.7. The standard InChI is InChI=1S/C47H50N2O8S2.Na/c1-6-7-8-16-29-49-40-32-34-30-35(58(52,53)54)25-24-33(34)31-38(40)46(2,3)42(49)21-13-10-9-11-14-22-43-47(4,5)45-37-19-18-20-41(59(55,56)57)36(37)26-27-39(45)48(43)28-17-12-15-23-44(50)51;/h1,9-11,13-14,18-22,24-27,30-32H,7-8,12,15-17,23,28-29H2,2-5H3,(H2-,50,51,52,53,54,55,56,57);/q;+1/p-1. The molecule has 0 radical (unpaired) electrons. The van der Waals surface area contributed by atoms with Crippen LogP contribution < -0.4 is 34.5 Å². The van der Waals surface area contributed by atoms with Crippen molar-refractivity contribution >= 4 is 64.8 Å². The van der Waals surface area contributed by atoms with Crippen LogP contribution in [0.5, 0.6) is 0 Å². The first-order chi connectivity index (χ1) is 27.9. The molecule has 1 N–H and O–H groups in total. The summed E-state index contributed by atoms with van der Waals surface area (Å²) in [6.45, 7) is 9.82. The third-order valence-corrected chi connectivity index (χ3v) is 13.1. The average molecular weight is 857 g/mol. The molecular formula is C47H49N2NaO8S2. The molecule has 4 aromatic carbocycles. The summed E-state index contributed by atoms with van der Waals surface area (Å²) in [5.41, 5.74) is 5.02. The Bertz CT molecular complexity index is 2760. The van der Waals surface area contributed by atoms with E-state index < -0.39 is 31.6 Å². The largest absolute Gasteiger partial charge is 1.00 e. The van der Waals surface area contributed by atoms with Gasteiger partial charge >= 0.3 is 35.5 Å². The normalized spacial score (nSPS) is 16.7. The smallest absolute Gasteiger partial charge is 0.744 e. The first-order valence-corrected chi connectivity index (χ1v) is 22.5. The number of fused-ring (bicyclic) bond motifs is 5. The third kappa shape index (κ3) is 9.74. The number of hydrogen-bond acceptors (Lipinski definition) is 8. The molecule has 6 rings (SSSR count). The van der Waals surface area contributed by atoms with Crippen LogP contribution in [0.3, 0.4) is 0 Å². The van der Waals surface area contributed by atoms with Crippen molar-refractivity contribution in [2.45, 2.75) is 93.3 Å². The van der Waals surface area contributed by atoms with Crippen LogP contribution in [0.1, 0.15) is 83.8 Å². The van der Waals surface area contributed by atoms with E-state index >= 15 is 0 Å². The maximum Gasteiger partial charge on any atom is 1.00 e. The van der Waals surface area contributed by atoms with Gasteiger partial charge in [-0.15, -0.1) is 12.3 Å². The number of carbonyl (C=O) groups is 1. The Hall–Kier alpha value is -4.32. The molecule has 0 unspecified atom stereocenters. The molecule has 0 saturated carbocycles. The molecule has 13 heteroatoms. The van der Waals surface area contributed by atoms with Gasteiger partial charge in [-0.1, -0.05) is 62.4 Å². The maximum atomic E-state index is 12.2. The van der Waals surface area contributed by atoms with Crippen LogP contribution in [0.2, 0.25) is 0 Å². The Kier molecular flexibility index (Phi) is 14.6. The van der Waals surface area contributed by atoms with Crippen molar-refractivity contribution < 1.29 is 70.0 Å². The van der Waals surface area contributed by atoms with Gasteiger partial charge in [0.15, 0.2) is 5.71 Å². The van der Waals surface area contributed by atoms with Crippen molar-refractivity contribution in [1.82, 2.24) is 0 Å². The fraction of sp³-hybridized carbons (Fsp3) is 0.319. The molecule has 0 aromatic heterocycles. The van der Waals surface area contributed by atoms with E-state index in [2.05, 4.69) is 55.2 Å². The zero-order chi connectivity index (χ0) is 42.8. The number of anilines is 1. The van der Waals surface area contributed by atoms with Crippen LogP contribution in [-0.2, 0) is 35.9 Å². The van der Waals surface area contributed by atoms with Crippen molar-refractivity contribution in [1.29, 1.82) is 0 Å². The number of nitrogens with zero attached hydrogens (tertiary/aromatic N) is 2. The Morgan fingerprint density at radius 3 is 2.25 bits per heavy atom. The zero-order valence-electron chi connectivity index (χ0n) is 34.8. The molecule has 4 aromatic rings. The summed E-state index contributed by atoms with van der Waals surface area (Å²) >= 11 is 0. The first-order valence-electron chi connectivity index (χ1n) is 19.7. The van der Waals surface area contributed by atoms with Crippen molar-refractivity contribution in [2.24, 2.45) is 0 Å². The molecule has 60 heavy (non-hydrogen) atoms. The van der Waals surface area contributed by atoms with Crippen LogP contribution in [0, 0.1) is 12.3 Å². The van der Waals surface area contributed by atoms with E-state index in [1.54, 1.807) is 18.2 Å². The second-order valence-corrected chi connectivity index (χ2v) is 18.8. The number of aliphatic carboxylic acids is 1. The summed E-state index contributed by atoms with van der Waals surface area (Å²) < 4.78 is 74.2. The monoisotopic (exact) mass is 856 g/mol. The van der Waals surface area contributed by atoms with Gasteiger partial charge in [0.1, 0.15) is 26.8 Å². The molecule has 2 aliphatic rings. The SMILES string of the molecule is C#CCCCCN1/C(=C/C=C/C=C/C=C/C2=[N+](CCCCCC(=O)O)c3ccc4c(S(=O)(=O)[O-])cccc4c3C2(C)C)C(C)(C)c2cc3ccc(S(=O)(=O)[O-])cc3cc21.[Na+]. The Labute approximate surface area is 375 Å². The van der Waals surface area contributed by atoms with Gasteiger partial charge in [0.05, 0.1) is 15.2 Å². The molecule has 0 spiro atoms. The van der Waals surface area contributed by atoms with E-state index in [0.29, 0.717) is 42.1 Å². The summed E-state index contributed by atoms with van der Waals surface area (Å²) in [7, 11) is -9.31. The number of unbranched alkanes of at least 4 members (excludes halogenated alkanes) is 4. The van der Waals surface area contributed by atoms with E-state index in [1.165, 1.54) is 18.2 Å². The van der Waals surface area contributed by atoms with Crippen molar-refractivity contribution in [2.75, 3.05) is 18.0 Å². The Morgan fingerprint density at radius 1 is 0.817 bits per heavy atom. The number of carboxylic acid groups (broad SMARTS) is 1. The van der Waals surface area contributed by atoms with E-state index in [1.807, 2.05) is 54.7 Å². The minimum Gasteiger partial charge on any atom is -0.744 e. The van der Waals surface area contributed by atoms with Gasteiger partial charge in [-0.2, -0.15) is 4.58 Å². The number of allylic oxidation sites excluding steroid dienone is 8. The van der Waals surface area contributed by atoms with Crippen LogP contribution >= 0.6 is 0 Å². The van der Waals surface area contributed by atoms with Gasteiger partial charge in [-0.05, 0) is 109 Å². The molecule has 0 bridgehead atoms. The maximum absolute atomic E-state index is 12.2. The topological polar surface area (TPSA) is 158 Å². The van der Waals surface area contributed by atoms with Crippen molar-refractivity contribution in [3.8, 4) is 12.3 Å². The molecular weight excluding hydrogens is 808 g/mol. The molecule has 0 saturated heterocycles. The summed E-state index contributed by atoms with van der Waals surface area (Å²) in [6.07, 6.45) is 24.0. The fourth-order valence-corrected chi connectivity index (χ4v) is 9.74. The van der Waals surface area contributed by atoms with Gasteiger partial charge in [-0.25, -0.2) is 16.8 Å².